The molecular formula is C27H27ClN4O4S2. The van der Waals surface area contributed by atoms with E-state index in [1.807, 2.05) is 29.2 Å². The molecule has 0 unspecified atom stereocenters. The van der Waals surface area contributed by atoms with Crippen molar-refractivity contribution in [1.29, 1.82) is 0 Å². The average Bonchev–Trinajstić information content (AvgIpc) is 3.60. The maximum atomic E-state index is 13.6. The van der Waals surface area contributed by atoms with E-state index in [2.05, 4.69) is 5.10 Å². The summed E-state index contributed by atoms with van der Waals surface area (Å²) >= 11 is 7.60. The van der Waals surface area contributed by atoms with Crippen molar-refractivity contribution in [3.05, 3.63) is 75.5 Å². The van der Waals surface area contributed by atoms with Gasteiger partial charge in [0.2, 0.25) is 15.8 Å². The van der Waals surface area contributed by atoms with E-state index in [0.29, 0.717) is 47.5 Å². The zero-order valence-electron chi connectivity index (χ0n) is 20.6. The van der Waals surface area contributed by atoms with Gasteiger partial charge in [-0.1, -0.05) is 35.9 Å². The number of fused-ring (bicyclic) bond motifs is 1. The maximum absolute atomic E-state index is 13.6. The Morgan fingerprint density at radius 3 is 2.53 bits per heavy atom. The summed E-state index contributed by atoms with van der Waals surface area (Å²) in [4.78, 5) is 16.0. The third-order valence-corrected chi connectivity index (χ3v) is 10.5. The van der Waals surface area contributed by atoms with Gasteiger partial charge in [0.05, 0.1) is 18.0 Å². The highest BCUT2D eigenvalue weighted by Crippen LogP contribution is 2.34. The van der Waals surface area contributed by atoms with Crippen molar-refractivity contribution in [3.63, 3.8) is 0 Å². The number of hydrogen-bond donors (Lipinski definition) is 0. The Morgan fingerprint density at radius 2 is 1.76 bits per heavy atom. The molecule has 1 aliphatic carbocycles. The van der Waals surface area contributed by atoms with Crippen LogP contribution in [0.2, 0.25) is 5.02 Å². The van der Waals surface area contributed by atoms with E-state index in [-0.39, 0.29) is 17.4 Å². The van der Waals surface area contributed by atoms with Gasteiger partial charge in [-0.2, -0.15) is 14.1 Å². The van der Waals surface area contributed by atoms with Crippen molar-refractivity contribution in [2.45, 2.75) is 36.7 Å². The second kappa shape index (κ2) is 10.3. The lowest BCUT2D eigenvalue weighted by atomic mass is 10.2. The molecule has 0 N–H and O–H groups in total. The van der Waals surface area contributed by atoms with Crippen LogP contribution >= 0.6 is 22.9 Å². The highest BCUT2D eigenvalue weighted by Gasteiger charge is 2.32. The van der Waals surface area contributed by atoms with Gasteiger partial charge in [0.25, 0.3) is 0 Å². The number of thiophene rings is 1. The summed E-state index contributed by atoms with van der Waals surface area (Å²) < 4.78 is 37.1. The standard InChI is InChI=1S/C27H27ClN4O4S2/c28-19-6-5-7-20(16-19)32-27(33)26(36-21-8-1-2-9-21)23(17-29-32)30-12-14-31(15-13-30)38(34,35)25-18-37-24-11-4-3-10-22(24)25/h3-7,10-11,16-18,21H,1-2,8-9,12-15H2. The van der Waals surface area contributed by atoms with Gasteiger partial charge in [0, 0.05) is 46.7 Å². The van der Waals surface area contributed by atoms with Crippen LogP contribution in [0.1, 0.15) is 25.7 Å². The Bertz CT molecular complexity index is 1640. The summed E-state index contributed by atoms with van der Waals surface area (Å²) in [6.07, 6.45) is 5.56. The number of hydrogen-bond acceptors (Lipinski definition) is 7. The van der Waals surface area contributed by atoms with Crippen LogP contribution in [-0.4, -0.2) is 54.8 Å². The number of anilines is 1. The van der Waals surface area contributed by atoms with E-state index in [1.54, 1.807) is 35.8 Å². The quantitative estimate of drug-likeness (QED) is 0.327. The molecule has 0 amide bonds. The first kappa shape index (κ1) is 25.4. The fourth-order valence-electron chi connectivity index (χ4n) is 5.19. The van der Waals surface area contributed by atoms with Gasteiger partial charge in [-0.25, -0.2) is 8.42 Å². The number of rotatable bonds is 6. The van der Waals surface area contributed by atoms with Crippen LogP contribution in [0.15, 0.2) is 69.8 Å². The largest absolute Gasteiger partial charge is 0.483 e. The van der Waals surface area contributed by atoms with E-state index in [4.69, 9.17) is 16.3 Å². The minimum Gasteiger partial charge on any atom is -0.483 e. The molecule has 2 fully saturated rings. The minimum absolute atomic E-state index is 0.0230. The van der Waals surface area contributed by atoms with Crippen molar-refractivity contribution >= 4 is 48.7 Å². The smallest absolute Gasteiger partial charge is 0.316 e. The number of halogens is 1. The van der Waals surface area contributed by atoms with Crippen molar-refractivity contribution in [1.82, 2.24) is 14.1 Å². The summed E-state index contributed by atoms with van der Waals surface area (Å²) in [7, 11) is -3.64. The Balaban J connectivity index is 1.28. The summed E-state index contributed by atoms with van der Waals surface area (Å²) in [5, 5.41) is 7.42. The molecule has 2 aromatic carbocycles. The molecule has 11 heteroatoms. The fraction of sp³-hybridized carbons (Fsp3) is 0.333. The van der Waals surface area contributed by atoms with Crippen LogP contribution in [0.5, 0.6) is 5.75 Å². The van der Waals surface area contributed by atoms with Gasteiger partial charge in [0.1, 0.15) is 10.6 Å². The Kier molecular flexibility index (Phi) is 6.90. The first-order valence-electron chi connectivity index (χ1n) is 12.7. The second-order valence-electron chi connectivity index (χ2n) is 9.57. The SMILES string of the molecule is O=c1c(OC2CCCC2)c(N2CCN(S(=O)(=O)c3csc4ccccc34)CC2)cnn1-c1cccc(Cl)c1. The molecule has 8 nitrogen and oxygen atoms in total. The van der Waals surface area contributed by atoms with E-state index in [1.165, 1.54) is 20.3 Å². The number of benzene rings is 2. The van der Waals surface area contributed by atoms with E-state index in [0.717, 1.165) is 35.8 Å². The van der Waals surface area contributed by atoms with E-state index >= 15 is 0 Å². The molecule has 198 valence electrons. The number of aromatic nitrogens is 2. The van der Waals surface area contributed by atoms with Crippen LogP contribution in [0.3, 0.4) is 0 Å². The summed E-state index contributed by atoms with van der Waals surface area (Å²) in [5.74, 6) is 0.256. The molecular weight excluding hydrogens is 544 g/mol. The van der Waals surface area contributed by atoms with Crippen LogP contribution in [-0.2, 0) is 10.0 Å². The topological polar surface area (TPSA) is 84.7 Å². The molecule has 2 aromatic heterocycles. The van der Waals surface area contributed by atoms with Gasteiger partial charge in [-0.3, -0.25) is 4.79 Å². The molecule has 3 heterocycles. The average molecular weight is 571 g/mol. The normalized spacial score (nSPS) is 17.3. The molecule has 2 aliphatic rings. The molecule has 38 heavy (non-hydrogen) atoms. The van der Waals surface area contributed by atoms with Crippen molar-refractivity contribution in [3.8, 4) is 11.4 Å². The van der Waals surface area contributed by atoms with E-state index in [9.17, 15) is 13.2 Å². The minimum atomic E-state index is -3.64. The second-order valence-corrected chi connectivity index (χ2v) is 12.8. The van der Waals surface area contributed by atoms with Crippen molar-refractivity contribution in [2.24, 2.45) is 0 Å². The Labute approximate surface area is 230 Å². The van der Waals surface area contributed by atoms with Crippen molar-refractivity contribution < 1.29 is 13.2 Å². The molecule has 0 atom stereocenters. The number of nitrogens with zero attached hydrogens (tertiary/aromatic N) is 4. The molecule has 0 radical (unpaired) electrons. The third-order valence-electron chi connectivity index (χ3n) is 7.20. The zero-order chi connectivity index (χ0) is 26.3. The van der Waals surface area contributed by atoms with Gasteiger partial charge in [-0.15, -0.1) is 11.3 Å². The van der Waals surface area contributed by atoms with Gasteiger partial charge < -0.3 is 9.64 Å². The monoisotopic (exact) mass is 570 g/mol. The van der Waals surface area contributed by atoms with Gasteiger partial charge in [0.15, 0.2) is 0 Å². The van der Waals surface area contributed by atoms with Crippen molar-refractivity contribution in [2.75, 3.05) is 31.1 Å². The number of piperazine rings is 1. The first-order valence-corrected chi connectivity index (χ1v) is 15.4. The maximum Gasteiger partial charge on any atom is 0.316 e. The van der Waals surface area contributed by atoms with Crippen LogP contribution in [0.25, 0.3) is 15.8 Å². The molecule has 1 aliphatic heterocycles. The highest BCUT2D eigenvalue weighted by molar-refractivity contribution is 7.89. The molecule has 1 saturated carbocycles. The van der Waals surface area contributed by atoms with Crippen LogP contribution < -0.4 is 15.2 Å². The summed E-state index contributed by atoms with van der Waals surface area (Å²) in [6.45, 7) is 1.44. The molecule has 1 saturated heterocycles. The first-order chi connectivity index (χ1) is 18.4. The fourth-order valence-corrected chi connectivity index (χ4v) is 8.27. The summed E-state index contributed by atoms with van der Waals surface area (Å²) in [6, 6.07) is 14.5. The lowest BCUT2D eigenvalue weighted by Gasteiger charge is -2.35. The Hall–Kier alpha value is -2.92. The molecule has 0 spiro atoms. The number of sulfonamides is 1. The Morgan fingerprint density at radius 1 is 1.00 bits per heavy atom. The van der Waals surface area contributed by atoms with Gasteiger partial charge >= 0.3 is 5.56 Å². The predicted octanol–water partition coefficient (Wildman–Crippen LogP) is 4.93. The zero-order valence-corrected chi connectivity index (χ0v) is 23.0. The molecule has 4 aromatic rings. The van der Waals surface area contributed by atoms with E-state index < -0.39 is 10.0 Å². The highest BCUT2D eigenvalue weighted by atomic mass is 35.5. The predicted molar refractivity (Wildman–Crippen MR) is 151 cm³/mol. The summed E-state index contributed by atoms with van der Waals surface area (Å²) in [5.41, 5.74) is 0.805. The lowest BCUT2D eigenvalue weighted by Crippen LogP contribution is -2.49. The van der Waals surface area contributed by atoms with Crippen LogP contribution in [0.4, 0.5) is 5.69 Å². The number of ether oxygens (including phenoxy) is 1. The van der Waals surface area contributed by atoms with Crippen LogP contribution in [0, 0.1) is 0 Å². The molecule has 6 rings (SSSR count). The molecule has 0 bridgehead atoms. The van der Waals surface area contributed by atoms with Gasteiger partial charge in [-0.05, 0) is 49.9 Å². The lowest BCUT2D eigenvalue weighted by molar-refractivity contribution is 0.205. The third kappa shape index (κ3) is 4.70.